The summed E-state index contributed by atoms with van der Waals surface area (Å²) < 4.78 is 0. The van der Waals surface area contributed by atoms with Crippen LogP contribution in [0, 0.1) is 0 Å². The monoisotopic (exact) mass is 279 g/mol. The molecule has 0 amide bonds. The van der Waals surface area contributed by atoms with E-state index in [0.29, 0.717) is 12.1 Å². The third-order valence-electron chi connectivity index (χ3n) is 4.80. The van der Waals surface area contributed by atoms with Crippen LogP contribution in [0.1, 0.15) is 55.5 Å². The molecule has 0 aromatic heterocycles. The van der Waals surface area contributed by atoms with Gasteiger partial charge < -0.3 is 0 Å². The highest BCUT2D eigenvalue weighted by Crippen LogP contribution is 2.38. The van der Waals surface area contributed by atoms with Gasteiger partial charge in [0.05, 0.1) is 0 Å². The van der Waals surface area contributed by atoms with Crippen molar-refractivity contribution in [3.63, 3.8) is 0 Å². The van der Waals surface area contributed by atoms with Gasteiger partial charge in [0.2, 0.25) is 0 Å². The van der Waals surface area contributed by atoms with Crippen molar-refractivity contribution in [3.8, 4) is 0 Å². The van der Waals surface area contributed by atoms with Crippen molar-refractivity contribution in [2.75, 3.05) is 6.54 Å². The summed E-state index contributed by atoms with van der Waals surface area (Å²) in [4.78, 5) is 2.70. The minimum atomic E-state index is 0.483. The Morgan fingerprint density at radius 3 is 2.52 bits per heavy atom. The van der Waals surface area contributed by atoms with Crippen LogP contribution >= 0.6 is 0 Å². The SMILES string of the molecule is CCC[C@H]1c2ccccc2CCN1[C@@H](C)c1ccccc1. The summed E-state index contributed by atoms with van der Waals surface area (Å²) in [5.74, 6) is 0. The van der Waals surface area contributed by atoms with Crippen molar-refractivity contribution in [1.29, 1.82) is 0 Å². The van der Waals surface area contributed by atoms with Gasteiger partial charge in [-0.1, -0.05) is 67.9 Å². The fourth-order valence-electron chi connectivity index (χ4n) is 3.65. The molecule has 0 aliphatic carbocycles. The topological polar surface area (TPSA) is 3.24 Å². The van der Waals surface area contributed by atoms with Gasteiger partial charge >= 0.3 is 0 Å². The van der Waals surface area contributed by atoms with E-state index in [1.165, 1.54) is 24.8 Å². The summed E-state index contributed by atoms with van der Waals surface area (Å²) in [7, 11) is 0. The van der Waals surface area contributed by atoms with Crippen LogP contribution in [0.2, 0.25) is 0 Å². The molecule has 0 saturated heterocycles. The molecule has 2 aromatic carbocycles. The number of hydrogen-bond donors (Lipinski definition) is 0. The molecule has 0 spiro atoms. The highest BCUT2D eigenvalue weighted by Gasteiger charge is 2.30. The van der Waals surface area contributed by atoms with Crippen molar-refractivity contribution in [1.82, 2.24) is 4.90 Å². The first-order chi connectivity index (χ1) is 10.3. The Bertz CT molecular complexity index is 575. The first kappa shape index (κ1) is 14.3. The summed E-state index contributed by atoms with van der Waals surface area (Å²) in [6.07, 6.45) is 3.65. The zero-order valence-electron chi connectivity index (χ0n) is 13.1. The summed E-state index contributed by atoms with van der Waals surface area (Å²) in [6.45, 7) is 5.81. The predicted molar refractivity (Wildman–Crippen MR) is 89.4 cm³/mol. The second kappa shape index (κ2) is 6.44. The van der Waals surface area contributed by atoms with Crippen LogP contribution in [0.25, 0.3) is 0 Å². The van der Waals surface area contributed by atoms with E-state index < -0.39 is 0 Å². The lowest BCUT2D eigenvalue weighted by molar-refractivity contribution is 0.125. The number of hydrogen-bond acceptors (Lipinski definition) is 1. The third-order valence-corrected chi connectivity index (χ3v) is 4.80. The van der Waals surface area contributed by atoms with Gasteiger partial charge in [-0.2, -0.15) is 0 Å². The first-order valence-corrected chi connectivity index (χ1v) is 8.19. The van der Waals surface area contributed by atoms with Gasteiger partial charge in [-0.25, -0.2) is 0 Å². The molecule has 0 radical (unpaired) electrons. The Kier molecular flexibility index (Phi) is 4.40. The smallest absolute Gasteiger partial charge is 0.0356 e. The molecule has 2 aromatic rings. The van der Waals surface area contributed by atoms with Crippen molar-refractivity contribution in [3.05, 3.63) is 71.3 Å². The quantitative estimate of drug-likeness (QED) is 0.748. The minimum absolute atomic E-state index is 0.483. The lowest BCUT2D eigenvalue weighted by Crippen LogP contribution is -2.37. The summed E-state index contributed by atoms with van der Waals surface area (Å²) >= 11 is 0. The molecule has 1 nitrogen and oxygen atoms in total. The van der Waals surface area contributed by atoms with Crippen molar-refractivity contribution in [2.24, 2.45) is 0 Å². The predicted octanol–water partition coefficient (Wildman–Crippen LogP) is 5.15. The average molecular weight is 279 g/mol. The van der Waals surface area contributed by atoms with E-state index in [9.17, 15) is 0 Å². The molecule has 0 unspecified atom stereocenters. The Morgan fingerprint density at radius 2 is 1.76 bits per heavy atom. The van der Waals surface area contributed by atoms with Crippen LogP contribution in [0.15, 0.2) is 54.6 Å². The van der Waals surface area contributed by atoms with Gasteiger partial charge in [0, 0.05) is 18.6 Å². The second-order valence-electron chi connectivity index (χ2n) is 6.08. The van der Waals surface area contributed by atoms with E-state index in [4.69, 9.17) is 0 Å². The molecule has 110 valence electrons. The normalized spacial score (nSPS) is 20.0. The highest BCUT2D eigenvalue weighted by atomic mass is 15.2. The molecule has 0 N–H and O–H groups in total. The van der Waals surface area contributed by atoms with Gasteiger partial charge in [-0.15, -0.1) is 0 Å². The number of benzene rings is 2. The Balaban J connectivity index is 1.92. The minimum Gasteiger partial charge on any atom is -0.289 e. The maximum atomic E-state index is 2.70. The van der Waals surface area contributed by atoms with E-state index in [1.54, 1.807) is 11.1 Å². The third kappa shape index (κ3) is 2.89. The molecule has 0 saturated carbocycles. The van der Waals surface area contributed by atoms with Crippen LogP contribution < -0.4 is 0 Å². The van der Waals surface area contributed by atoms with Crippen molar-refractivity contribution < 1.29 is 0 Å². The van der Waals surface area contributed by atoms with E-state index >= 15 is 0 Å². The molecule has 1 aliphatic rings. The summed E-state index contributed by atoms with van der Waals surface area (Å²) in [6, 6.07) is 21.0. The fourth-order valence-corrected chi connectivity index (χ4v) is 3.65. The number of rotatable bonds is 4. The van der Waals surface area contributed by atoms with E-state index in [1.807, 2.05) is 0 Å². The Hall–Kier alpha value is -1.60. The lowest BCUT2D eigenvalue weighted by Gasteiger charge is -2.41. The molecule has 21 heavy (non-hydrogen) atoms. The number of nitrogens with zero attached hydrogens (tertiary/aromatic N) is 1. The Morgan fingerprint density at radius 1 is 1.05 bits per heavy atom. The molecule has 1 heteroatoms. The second-order valence-corrected chi connectivity index (χ2v) is 6.08. The zero-order valence-corrected chi connectivity index (χ0v) is 13.1. The average Bonchev–Trinajstić information content (AvgIpc) is 2.55. The first-order valence-electron chi connectivity index (χ1n) is 8.19. The molecule has 2 atom stereocenters. The van der Waals surface area contributed by atoms with Crippen LogP contribution in [0.4, 0.5) is 0 Å². The molecular formula is C20H25N. The standard InChI is InChI=1S/C20H25N/c1-3-9-20-19-13-8-7-12-18(19)14-15-21(20)16(2)17-10-5-4-6-11-17/h4-8,10-13,16,20H,3,9,14-15H2,1-2H3/t16-,20-/m0/s1. The zero-order chi connectivity index (χ0) is 14.7. The molecule has 1 aliphatic heterocycles. The van der Waals surface area contributed by atoms with E-state index in [-0.39, 0.29) is 0 Å². The van der Waals surface area contributed by atoms with Gasteiger partial charge in [0.1, 0.15) is 0 Å². The van der Waals surface area contributed by atoms with Gasteiger partial charge in [0.25, 0.3) is 0 Å². The molecule has 0 bridgehead atoms. The van der Waals surface area contributed by atoms with Gasteiger partial charge in [0.15, 0.2) is 0 Å². The van der Waals surface area contributed by atoms with Crippen LogP contribution in [0.5, 0.6) is 0 Å². The maximum Gasteiger partial charge on any atom is 0.0356 e. The summed E-state index contributed by atoms with van der Waals surface area (Å²) in [5.41, 5.74) is 4.53. The van der Waals surface area contributed by atoms with Gasteiger partial charge in [-0.3, -0.25) is 4.90 Å². The molecule has 1 heterocycles. The van der Waals surface area contributed by atoms with E-state index in [0.717, 1.165) is 6.54 Å². The summed E-state index contributed by atoms with van der Waals surface area (Å²) in [5, 5.41) is 0. The van der Waals surface area contributed by atoms with Crippen LogP contribution in [-0.4, -0.2) is 11.4 Å². The largest absolute Gasteiger partial charge is 0.289 e. The molecular weight excluding hydrogens is 254 g/mol. The lowest BCUT2D eigenvalue weighted by atomic mass is 9.88. The highest BCUT2D eigenvalue weighted by molar-refractivity contribution is 5.33. The molecule has 0 fully saturated rings. The van der Waals surface area contributed by atoms with Crippen molar-refractivity contribution >= 4 is 0 Å². The van der Waals surface area contributed by atoms with Crippen molar-refractivity contribution in [2.45, 2.75) is 45.2 Å². The number of fused-ring (bicyclic) bond motifs is 1. The molecule has 3 rings (SSSR count). The van der Waals surface area contributed by atoms with Crippen LogP contribution in [-0.2, 0) is 6.42 Å². The Labute approximate surface area is 128 Å². The fraction of sp³-hybridized carbons (Fsp3) is 0.400. The van der Waals surface area contributed by atoms with Gasteiger partial charge in [-0.05, 0) is 36.5 Å². The van der Waals surface area contributed by atoms with Crippen LogP contribution in [0.3, 0.4) is 0 Å². The maximum absolute atomic E-state index is 2.70. The van der Waals surface area contributed by atoms with E-state index in [2.05, 4.69) is 73.3 Å².